The molecule has 5 heteroatoms. The zero-order valence-electron chi connectivity index (χ0n) is 15.1. The first kappa shape index (κ1) is 18.1. The maximum Gasteiger partial charge on any atom is 0.176 e. The van der Waals surface area contributed by atoms with Gasteiger partial charge in [-0.1, -0.05) is 30.3 Å². The van der Waals surface area contributed by atoms with Crippen LogP contribution in [0.2, 0.25) is 0 Å². The van der Waals surface area contributed by atoms with Gasteiger partial charge in [0.2, 0.25) is 0 Å². The molecule has 1 saturated carbocycles. The Kier molecular flexibility index (Phi) is 4.74. The van der Waals surface area contributed by atoms with Crippen LogP contribution in [0.4, 0.5) is 4.39 Å². The lowest BCUT2D eigenvalue weighted by Gasteiger charge is -2.26. The minimum absolute atomic E-state index is 0.145. The van der Waals surface area contributed by atoms with E-state index in [2.05, 4.69) is 4.90 Å². The smallest absolute Gasteiger partial charge is 0.176 e. The Bertz CT molecular complexity index is 825. The molecule has 2 N–H and O–H groups in total. The number of likely N-dealkylation sites (tertiary alicyclic amines) is 1. The number of carbonyl (C=O) groups is 1. The number of rotatable bonds is 5. The fourth-order valence-electron chi connectivity index (χ4n) is 4.78. The number of benzene rings is 2. The third-order valence-corrected chi connectivity index (χ3v) is 5.95. The molecule has 0 bridgehead atoms. The van der Waals surface area contributed by atoms with E-state index >= 15 is 0 Å². The van der Waals surface area contributed by atoms with E-state index in [-0.39, 0.29) is 17.9 Å². The number of nitrogens with zero attached hydrogens (tertiary/aromatic N) is 1. The SMILES string of the molecule is O=C(CN1C[C@@H]2CC(O)(Cc3ccccc3)C[C@@H]2C1)c1ccc(O)c(F)c1. The van der Waals surface area contributed by atoms with E-state index in [9.17, 15) is 19.4 Å². The van der Waals surface area contributed by atoms with Crippen LogP contribution in [0.15, 0.2) is 48.5 Å². The van der Waals surface area contributed by atoms with Gasteiger partial charge in [-0.05, 0) is 48.4 Å². The molecule has 0 spiro atoms. The number of aliphatic hydroxyl groups is 1. The third kappa shape index (κ3) is 3.89. The maximum atomic E-state index is 13.5. The first-order valence-corrected chi connectivity index (χ1v) is 9.42. The summed E-state index contributed by atoms with van der Waals surface area (Å²) >= 11 is 0. The van der Waals surface area contributed by atoms with Gasteiger partial charge in [0.05, 0.1) is 12.1 Å². The topological polar surface area (TPSA) is 60.8 Å². The third-order valence-electron chi connectivity index (χ3n) is 5.95. The summed E-state index contributed by atoms with van der Waals surface area (Å²) in [6.45, 7) is 1.82. The van der Waals surface area contributed by atoms with Crippen LogP contribution in [-0.4, -0.2) is 46.1 Å². The number of Topliss-reactive ketones (excluding diaryl/α,β-unsaturated/α-hetero) is 1. The summed E-state index contributed by atoms with van der Waals surface area (Å²) in [5, 5.41) is 20.3. The molecule has 2 aromatic carbocycles. The molecule has 0 aromatic heterocycles. The Hall–Kier alpha value is -2.24. The standard InChI is InChI=1S/C22H24FNO3/c23-19-8-16(6-7-20(19)25)21(26)14-24-12-17-10-22(27,11-18(17)13-24)9-15-4-2-1-3-5-15/h1-8,17-18,25,27H,9-14H2/t17-,18+,22?. The molecule has 1 heterocycles. The van der Waals surface area contributed by atoms with E-state index in [4.69, 9.17) is 0 Å². The van der Waals surface area contributed by atoms with Crippen molar-refractivity contribution in [2.24, 2.45) is 11.8 Å². The lowest BCUT2D eigenvalue weighted by atomic mass is 9.91. The van der Waals surface area contributed by atoms with Gasteiger partial charge >= 0.3 is 0 Å². The van der Waals surface area contributed by atoms with E-state index in [0.29, 0.717) is 18.3 Å². The summed E-state index contributed by atoms with van der Waals surface area (Å²) in [5.74, 6) is -0.579. The van der Waals surface area contributed by atoms with Gasteiger partial charge in [0, 0.05) is 25.1 Å². The normalized spacial score (nSPS) is 27.6. The minimum Gasteiger partial charge on any atom is -0.505 e. The van der Waals surface area contributed by atoms with Crippen molar-refractivity contribution in [1.82, 2.24) is 4.90 Å². The molecule has 1 saturated heterocycles. The molecular formula is C22H24FNO3. The van der Waals surface area contributed by atoms with Crippen molar-refractivity contribution in [1.29, 1.82) is 0 Å². The Morgan fingerprint density at radius 1 is 1.11 bits per heavy atom. The number of carbonyl (C=O) groups excluding carboxylic acids is 1. The lowest BCUT2D eigenvalue weighted by Crippen LogP contribution is -2.34. The largest absolute Gasteiger partial charge is 0.505 e. The van der Waals surface area contributed by atoms with Crippen LogP contribution in [0, 0.1) is 17.7 Å². The van der Waals surface area contributed by atoms with E-state index in [0.717, 1.165) is 37.6 Å². The molecule has 0 amide bonds. The Morgan fingerprint density at radius 2 is 1.78 bits per heavy atom. The van der Waals surface area contributed by atoms with Crippen LogP contribution in [0.1, 0.15) is 28.8 Å². The number of ketones is 1. The molecule has 4 rings (SSSR count). The van der Waals surface area contributed by atoms with Gasteiger partial charge in [0.25, 0.3) is 0 Å². The molecule has 2 aliphatic rings. The highest BCUT2D eigenvalue weighted by atomic mass is 19.1. The summed E-state index contributed by atoms with van der Waals surface area (Å²) in [4.78, 5) is 14.5. The van der Waals surface area contributed by atoms with Gasteiger partial charge < -0.3 is 10.2 Å². The number of hydrogen-bond donors (Lipinski definition) is 2. The zero-order valence-corrected chi connectivity index (χ0v) is 15.1. The van der Waals surface area contributed by atoms with E-state index in [1.807, 2.05) is 30.3 Å². The molecule has 4 nitrogen and oxygen atoms in total. The predicted octanol–water partition coefficient (Wildman–Crippen LogP) is 3.03. The fraction of sp³-hybridized carbons (Fsp3) is 0.409. The number of halogens is 1. The van der Waals surface area contributed by atoms with Crippen molar-refractivity contribution in [3.8, 4) is 5.75 Å². The number of hydrogen-bond acceptors (Lipinski definition) is 4. The molecule has 2 aromatic rings. The molecule has 1 unspecified atom stereocenters. The van der Waals surface area contributed by atoms with Gasteiger partial charge in [-0.2, -0.15) is 0 Å². The molecule has 1 aliphatic carbocycles. The van der Waals surface area contributed by atoms with E-state index < -0.39 is 17.2 Å². The Balaban J connectivity index is 1.34. The number of aromatic hydroxyl groups is 1. The predicted molar refractivity (Wildman–Crippen MR) is 100 cm³/mol. The number of phenols is 1. The minimum atomic E-state index is -0.773. The monoisotopic (exact) mass is 369 g/mol. The first-order chi connectivity index (χ1) is 12.9. The maximum absolute atomic E-state index is 13.5. The van der Waals surface area contributed by atoms with Crippen LogP contribution in [-0.2, 0) is 6.42 Å². The van der Waals surface area contributed by atoms with E-state index in [1.165, 1.54) is 12.1 Å². The second kappa shape index (κ2) is 7.06. The van der Waals surface area contributed by atoms with Crippen molar-refractivity contribution in [2.45, 2.75) is 24.9 Å². The average Bonchev–Trinajstić information content (AvgIpc) is 3.11. The van der Waals surface area contributed by atoms with Gasteiger partial charge in [-0.25, -0.2) is 4.39 Å². The molecule has 1 aliphatic heterocycles. The van der Waals surface area contributed by atoms with Crippen LogP contribution in [0.25, 0.3) is 0 Å². The van der Waals surface area contributed by atoms with Crippen LogP contribution in [0.3, 0.4) is 0 Å². The molecule has 3 atom stereocenters. The Labute approximate surface area is 158 Å². The van der Waals surface area contributed by atoms with Crippen molar-refractivity contribution in [2.75, 3.05) is 19.6 Å². The highest BCUT2D eigenvalue weighted by molar-refractivity contribution is 5.97. The zero-order chi connectivity index (χ0) is 19.0. The number of fused-ring (bicyclic) bond motifs is 1. The van der Waals surface area contributed by atoms with Crippen LogP contribution < -0.4 is 0 Å². The summed E-state index contributed by atoms with van der Waals surface area (Å²) in [7, 11) is 0. The highest BCUT2D eigenvalue weighted by Crippen LogP contribution is 2.45. The highest BCUT2D eigenvalue weighted by Gasteiger charge is 2.48. The summed E-state index contributed by atoms with van der Waals surface area (Å²) in [6.07, 6.45) is 2.18. The summed E-state index contributed by atoms with van der Waals surface area (Å²) in [6, 6.07) is 13.8. The molecule has 0 radical (unpaired) electrons. The fourth-order valence-corrected chi connectivity index (χ4v) is 4.78. The molecule has 27 heavy (non-hydrogen) atoms. The van der Waals surface area contributed by atoms with Gasteiger partial charge in [0.15, 0.2) is 17.3 Å². The van der Waals surface area contributed by atoms with Gasteiger partial charge in [-0.15, -0.1) is 0 Å². The average molecular weight is 369 g/mol. The summed E-state index contributed by atoms with van der Waals surface area (Å²) in [5.41, 5.74) is 0.775. The van der Waals surface area contributed by atoms with E-state index in [1.54, 1.807) is 0 Å². The van der Waals surface area contributed by atoms with Crippen molar-refractivity contribution in [3.05, 3.63) is 65.5 Å². The second-order valence-electron chi connectivity index (χ2n) is 8.10. The first-order valence-electron chi connectivity index (χ1n) is 9.42. The molecule has 2 fully saturated rings. The second-order valence-corrected chi connectivity index (χ2v) is 8.10. The van der Waals surface area contributed by atoms with Gasteiger partial charge in [-0.3, -0.25) is 9.69 Å². The van der Waals surface area contributed by atoms with Crippen LogP contribution >= 0.6 is 0 Å². The van der Waals surface area contributed by atoms with Crippen molar-refractivity contribution >= 4 is 5.78 Å². The number of phenolic OH excluding ortho intramolecular Hbond substituents is 1. The summed E-state index contributed by atoms with van der Waals surface area (Å²) < 4.78 is 13.5. The van der Waals surface area contributed by atoms with Crippen molar-refractivity contribution < 1.29 is 19.4 Å². The lowest BCUT2D eigenvalue weighted by molar-refractivity contribution is 0.0355. The van der Waals surface area contributed by atoms with Gasteiger partial charge in [0.1, 0.15) is 0 Å². The molecule has 142 valence electrons. The van der Waals surface area contributed by atoms with Crippen molar-refractivity contribution in [3.63, 3.8) is 0 Å². The van der Waals surface area contributed by atoms with Crippen LogP contribution in [0.5, 0.6) is 5.75 Å². The Morgan fingerprint density at radius 3 is 2.41 bits per heavy atom. The molecular weight excluding hydrogens is 345 g/mol. The quantitative estimate of drug-likeness (QED) is 0.796.